The van der Waals surface area contributed by atoms with E-state index < -0.39 is 5.97 Å². The van der Waals surface area contributed by atoms with Crippen molar-refractivity contribution in [3.8, 4) is 0 Å². The van der Waals surface area contributed by atoms with Crippen molar-refractivity contribution in [2.75, 3.05) is 0 Å². The quantitative estimate of drug-likeness (QED) is 0.655. The number of aliphatic carboxylic acids is 1. The van der Waals surface area contributed by atoms with Crippen molar-refractivity contribution in [2.24, 2.45) is 0 Å². The Morgan fingerprint density at radius 2 is 2.23 bits per heavy atom. The van der Waals surface area contributed by atoms with Gasteiger partial charge in [-0.25, -0.2) is 4.79 Å². The van der Waals surface area contributed by atoms with Gasteiger partial charge in [0.05, 0.1) is 0 Å². The summed E-state index contributed by atoms with van der Waals surface area (Å²) in [5.74, 6) is -0.934. The average Bonchev–Trinajstić information content (AvgIpc) is 2.06. The smallest absolute Gasteiger partial charge is 0.328 e. The standard InChI is InChI=1S/C9H6BrIO2/c10-7-2-3-8(11)6(5-7)1-4-9(12)13/h1-5H,(H,12,13)/b4-1+. The zero-order valence-corrected chi connectivity index (χ0v) is 10.2. The Labute approximate surface area is 97.9 Å². The number of carbonyl (C=O) groups is 1. The minimum atomic E-state index is -0.934. The third-order valence-corrected chi connectivity index (χ3v) is 2.84. The summed E-state index contributed by atoms with van der Waals surface area (Å²) in [6, 6.07) is 5.72. The molecule has 1 aromatic carbocycles. The Balaban J connectivity index is 3.00. The second-order valence-electron chi connectivity index (χ2n) is 2.34. The second kappa shape index (κ2) is 4.76. The largest absolute Gasteiger partial charge is 0.478 e. The van der Waals surface area contributed by atoms with Gasteiger partial charge in [0.1, 0.15) is 0 Å². The van der Waals surface area contributed by atoms with Gasteiger partial charge in [0.25, 0.3) is 0 Å². The Bertz CT molecular complexity index is 361. The van der Waals surface area contributed by atoms with Crippen molar-refractivity contribution in [3.05, 3.63) is 37.9 Å². The third-order valence-electron chi connectivity index (χ3n) is 1.36. The highest BCUT2D eigenvalue weighted by molar-refractivity contribution is 14.1. The van der Waals surface area contributed by atoms with Crippen LogP contribution in [0.4, 0.5) is 0 Å². The van der Waals surface area contributed by atoms with Gasteiger partial charge in [-0.3, -0.25) is 0 Å². The molecule has 4 heteroatoms. The molecule has 0 bridgehead atoms. The van der Waals surface area contributed by atoms with Crippen molar-refractivity contribution >= 4 is 50.6 Å². The summed E-state index contributed by atoms with van der Waals surface area (Å²) in [6.07, 6.45) is 2.71. The molecule has 0 amide bonds. The van der Waals surface area contributed by atoms with Gasteiger partial charge in [-0.1, -0.05) is 15.9 Å². The molecule has 0 fully saturated rings. The number of rotatable bonds is 2. The third kappa shape index (κ3) is 3.48. The van der Waals surface area contributed by atoms with Gasteiger partial charge < -0.3 is 5.11 Å². The Morgan fingerprint density at radius 1 is 1.54 bits per heavy atom. The summed E-state index contributed by atoms with van der Waals surface area (Å²) in [4.78, 5) is 10.3. The fraction of sp³-hybridized carbons (Fsp3) is 0. The summed E-state index contributed by atoms with van der Waals surface area (Å²) < 4.78 is 1.97. The maximum atomic E-state index is 10.3. The number of hydrogen-bond donors (Lipinski definition) is 1. The minimum absolute atomic E-state index is 0.900. The molecule has 0 aliphatic rings. The van der Waals surface area contributed by atoms with Crippen LogP contribution in [0.3, 0.4) is 0 Å². The fourth-order valence-electron chi connectivity index (χ4n) is 0.803. The molecular weight excluding hydrogens is 347 g/mol. The molecule has 0 spiro atoms. The summed E-state index contributed by atoms with van der Waals surface area (Å²) in [7, 11) is 0. The van der Waals surface area contributed by atoms with Crippen LogP contribution in [-0.2, 0) is 4.79 Å². The van der Waals surface area contributed by atoms with Crippen molar-refractivity contribution < 1.29 is 9.90 Å². The monoisotopic (exact) mass is 352 g/mol. The van der Waals surface area contributed by atoms with Crippen LogP contribution in [0.15, 0.2) is 28.7 Å². The number of halogens is 2. The fourth-order valence-corrected chi connectivity index (χ4v) is 1.70. The topological polar surface area (TPSA) is 37.3 Å². The molecule has 0 saturated carbocycles. The van der Waals surface area contributed by atoms with Crippen LogP contribution < -0.4 is 0 Å². The summed E-state index contributed by atoms with van der Waals surface area (Å²) in [6.45, 7) is 0. The van der Waals surface area contributed by atoms with Crippen LogP contribution in [0.2, 0.25) is 0 Å². The first kappa shape index (κ1) is 10.7. The molecule has 0 unspecified atom stereocenters. The highest BCUT2D eigenvalue weighted by atomic mass is 127. The summed E-state index contributed by atoms with van der Waals surface area (Å²) in [5.41, 5.74) is 0.900. The predicted octanol–water partition coefficient (Wildman–Crippen LogP) is 3.15. The van der Waals surface area contributed by atoms with Crippen LogP contribution in [0, 0.1) is 3.57 Å². The molecule has 1 N–H and O–H groups in total. The van der Waals surface area contributed by atoms with Crippen LogP contribution in [0.5, 0.6) is 0 Å². The van der Waals surface area contributed by atoms with Crippen LogP contribution >= 0.6 is 38.5 Å². The lowest BCUT2D eigenvalue weighted by molar-refractivity contribution is -0.131. The molecule has 13 heavy (non-hydrogen) atoms. The molecule has 2 nitrogen and oxygen atoms in total. The molecule has 0 heterocycles. The lowest BCUT2D eigenvalue weighted by Crippen LogP contribution is -1.87. The van der Waals surface area contributed by atoms with Crippen molar-refractivity contribution in [3.63, 3.8) is 0 Å². The number of carboxylic acid groups (broad SMARTS) is 1. The van der Waals surface area contributed by atoms with E-state index in [0.29, 0.717) is 0 Å². The Kier molecular flexibility index (Phi) is 3.92. The van der Waals surface area contributed by atoms with E-state index in [4.69, 9.17) is 5.11 Å². The van der Waals surface area contributed by atoms with Gasteiger partial charge in [0.2, 0.25) is 0 Å². The molecular formula is C9H6BrIO2. The van der Waals surface area contributed by atoms with Crippen LogP contribution in [0.1, 0.15) is 5.56 Å². The highest BCUT2D eigenvalue weighted by Crippen LogP contribution is 2.19. The zero-order valence-electron chi connectivity index (χ0n) is 6.50. The Morgan fingerprint density at radius 3 is 2.85 bits per heavy atom. The number of carboxylic acids is 1. The number of benzene rings is 1. The van der Waals surface area contributed by atoms with E-state index in [2.05, 4.69) is 38.5 Å². The first-order valence-corrected chi connectivity index (χ1v) is 5.33. The normalized spacial score (nSPS) is 10.6. The van der Waals surface area contributed by atoms with Crippen LogP contribution in [0.25, 0.3) is 6.08 Å². The van der Waals surface area contributed by atoms with Gasteiger partial charge in [-0.2, -0.15) is 0 Å². The maximum absolute atomic E-state index is 10.3. The van der Waals surface area contributed by atoms with E-state index in [9.17, 15) is 4.79 Å². The predicted molar refractivity (Wildman–Crippen MR) is 63.5 cm³/mol. The maximum Gasteiger partial charge on any atom is 0.328 e. The van der Waals surface area contributed by atoms with E-state index in [1.165, 1.54) is 0 Å². The molecule has 0 aliphatic carbocycles. The molecule has 68 valence electrons. The average molecular weight is 353 g/mol. The lowest BCUT2D eigenvalue weighted by atomic mass is 10.2. The molecule has 1 aromatic rings. The molecule has 0 atom stereocenters. The van der Waals surface area contributed by atoms with Crippen molar-refractivity contribution in [1.82, 2.24) is 0 Å². The lowest BCUT2D eigenvalue weighted by Gasteiger charge is -1.98. The summed E-state index contributed by atoms with van der Waals surface area (Å²) >= 11 is 5.48. The van der Waals surface area contributed by atoms with E-state index in [-0.39, 0.29) is 0 Å². The van der Waals surface area contributed by atoms with Crippen molar-refractivity contribution in [1.29, 1.82) is 0 Å². The minimum Gasteiger partial charge on any atom is -0.478 e. The molecule has 0 aromatic heterocycles. The van der Waals surface area contributed by atoms with Gasteiger partial charge >= 0.3 is 5.97 Å². The highest BCUT2D eigenvalue weighted by Gasteiger charge is 1.97. The van der Waals surface area contributed by atoms with Gasteiger partial charge in [0, 0.05) is 14.1 Å². The van der Waals surface area contributed by atoms with Gasteiger partial charge in [-0.05, 0) is 52.4 Å². The molecule has 0 aliphatic heterocycles. The SMILES string of the molecule is O=C(O)/C=C/c1cc(Br)ccc1I. The zero-order chi connectivity index (χ0) is 9.84. The van der Waals surface area contributed by atoms with E-state index in [1.54, 1.807) is 6.08 Å². The van der Waals surface area contributed by atoms with E-state index in [1.807, 2.05) is 18.2 Å². The van der Waals surface area contributed by atoms with Gasteiger partial charge in [0.15, 0.2) is 0 Å². The molecule has 0 radical (unpaired) electrons. The van der Waals surface area contributed by atoms with Crippen molar-refractivity contribution in [2.45, 2.75) is 0 Å². The molecule has 0 saturated heterocycles. The summed E-state index contributed by atoms with van der Waals surface area (Å²) in [5, 5.41) is 8.43. The first-order chi connectivity index (χ1) is 6.09. The molecule has 1 rings (SSSR count). The van der Waals surface area contributed by atoms with E-state index in [0.717, 1.165) is 19.7 Å². The first-order valence-electron chi connectivity index (χ1n) is 3.45. The Hall–Kier alpha value is -0.360. The van der Waals surface area contributed by atoms with Gasteiger partial charge in [-0.15, -0.1) is 0 Å². The van der Waals surface area contributed by atoms with Crippen LogP contribution in [-0.4, -0.2) is 11.1 Å². The number of hydrogen-bond acceptors (Lipinski definition) is 1. The second-order valence-corrected chi connectivity index (χ2v) is 4.42. The van der Waals surface area contributed by atoms with E-state index >= 15 is 0 Å².